The van der Waals surface area contributed by atoms with Gasteiger partial charge in [-0.1, -0.05) is 39.5 Å². The third kappa shape index (κ3) is 7.37. The minimum atomic E-state index is -0.738. The number of hydrogen-bond donors (Lipinski definition) is 1. The van der Waals surface area contributed by atoms with Crippen LogP contribution in [-0.4, -0.2) is 29.4 Å². The molecule has 0 bridgehead atoms. The molecule has 0 aromatic rings. The standard InChI is InChI=1S/C14H30N2O/c1-5-7-9-11-16(12-10-8-6-2)13(17)14(3,4)15/h5-12,15H2,1-4H3. The Labute approximate surface area is 107 Å². The summed E-state index contributed by atoms with van der Waals surface area (Å²) in [4.78, 5) is 14.1. The van der Waals surface area contributed by atoms with Gasteiger partial charge in [-0.05, 0) is 26.7 Å². The average molecular weight is 242 g/mol. The van der Waals surface area contributed by atoms with E-state index in [9.17, 15) is 4.79 Å². The van der Waals surface area contributed by atoms with Crippen LogP contribution in [0.5, 0.6) is 0 Å². The molecule has 0 aromatic heterocycles. The second-order valence-electron chi connectivity index (χ2n) is 5.43. The number of nitrogens with zero attached hydrogens (tertiary/aromatic N) is 1. The van der Waals surface area contributed by atoms with Crippen LogP contribution < -0.4 is 5.73 Å². The maximum atomic E-state index is 12.2. The first-order valence-corrected chi connectivity index (χ1v) is 7.01. The molecule has 0 spiro atoms. The Hall–Kier alpha value is -0.570. The summed E-state index contributed by atoms with van der Waals surface area (Å²) in [6, 6.07) is 0. The minimum Gasteiger partial charge on any atom is -0.341 e. The number of rotatable bonds is 9. The summed E-state index contributed by atoms with van der Waals surface area (Å²) in [7, 11) is 0. The van der Waals surface area contributed by atoms with Gasteiger partial charge < -0.3 is 10.6 Å². The van der Waals surface area contributed by atoms with Crippen molar-refractivity contribution < 1.29 is 4.79 Å². The zero-order valence-electron chi connectivity index (χ0n) is 12.1. The third-order valence-corrected chi connectivity index (χ3v) is 2.90. The van der Waals surface area contributed by atoms with Crippen LogP contribution in [0.25, 0.3) is 0 Å². The third-order valence-electron chi connectivity index (χ3n) is 2.90. The van der Waals surface area contributed by atoms with E-state index in [0.29, 0.717) is 0 Å². The van der Waals surface area contributed by atoms with E-state index >= 15 is 0 Å². The van der Waals surface area contributed by atoms with Crippen molar-refractivity contribution >= 4 is 5.91 Å². The summed E-state index contributed by atoms with van der Waals surface area (Å²) in [6.45, 7) is 9.66. The molecule has 1 amide bonds. The lowest BCUT2D eigenvalue weighted by molar-refractivity contribution is -0.136. The maximum absolute atomic E-state index is 12.2. The second-order valence-corrected chi connectivity index (χ2v) is 5.43. The fourth-order valence-corrected chi connectivity index (χ4v) is 1.83. The zero-order chi connectivity index (χ0) is 13.3. The Morgan fingerprint density at radius 3 is 1.71 bits per heavy atom. The SMILES string of the molecule is CCCCCN(CCCCC)C(=O)C(C)(C)N. The van der Waals surface area contributed by atoms with Gasteiger partial charge in [-0.15, -0.1) is 0 Å². The Morgan fingerprint density at radius 2 is 1.41 bits per heavy atom. The Bertz CT molecular complexity index is 199. The van der Waals surface area contributed by atoms with Gasteiger partial charge in [0.25, 0.3) is 0 Å². The molecule has 17 heavy (non-hydrogen) atoms. The molecular weight excluding hydrogens is 212 g/mol. The molecule has 102 valence electrons. The topological polar surface area (TPSA) is 46.3 Å². The van der Waals surface area contributed by atoms with Crippen LogP contribution in [0.3, 0.4) is 0 Å². The van der Waals surface area contributed by atoms with Crippen LogP contribution in [0.15, 0.2) is 0 Å². The van der Waals surface area contributed by atoms with E-state index in [0.717, 1.165) is 25.9 Å². The quantitative estimate of drug-likeness (QED) is 0.632. The van der Waals surface area contributed by atoms with E-state index in [1.165, 1.54) is 25.7 Å². The van der Waals surface area contributed by atoms with Crippen LogP contribution in [0.2, 0.25) is 0 Å². The van der Waals surface area contributed by atoms with Crippen molar-refractivity contribution in [1.82, 2.24) is 4.90 Å². The molecule has 0 aliphatic carbocycles. The van der Waals surface area contributed by atoms with Gasteiger partial charge in [-0.3, -0.25) is 4.79 Å². The fraction of sp³-hybridized carbons (Fsp3) is 0.929. The highest BCUT2D eigenvalue weighted by Crippen LogP contribution is 2.09. The van der Waals surface area contributed by atoms with Crippen molar-refractivity contribution in [3.05, 3.63) is 0 Å². The second kappa shape index (κ2) is 8.51. The molecule has 0 radical (unpaired) electrons. The number of hydrogen-bond acceptors (Lipinski definition) is 2. The first-order chi connectivity index (χ1) is 7.93. The first-order valence-electron chi connectivity index (χ1n) is 7.01. The van der Waals surface area contributed by atoms with E-state index in [4.69, 9.17) is 5.73 Å². The molecule has 0 aromatic carbocycles. The Balaban J connectivity index is 4.23. The van der Waals surface area contributed by atoms with Gasteiger partial charge >= 0.3 is 0 Å². The smallest absolute Gasteiger partial charge is 0.242 e. The molecule has 0 saturated heterocycles. The average Bonchev–Trinajstić information content (AvgIpc) is 2.25. The summed E-state index contributed by atoms with van der Waals surface area (Å²) >= 11 is 0. The number of nitrogens with two attached hydrogens (primary N) is 1. The summed E-state index contributed by atoms with van der Waals surface area (Å²) < 4.78 is 0. The summed E-state index contributed by atoms with van der Waals surface area (Å²) in [5, 5.41) is 0. The van der Waals surface area contributed by atoms with Crippen LogP contribution in [0.4, 0.5) is 0 Å². The molecule has 0 saturated carbocycles. The van der Waals surface area contributed by atoms with Gasteiger partial charge in [-0.2, -0.15) is 0 Å². The largest absolute Gasteiger partial charge is 0.341 e. The molecule has 2 N–H and O–H groups in total. The lowest BCUT2D eigenvalue weighted by Crippen LogP contribution is -2.51. The molecule has 0 fully saturated rings. The van der Waals surface area contributed by atoms with Crippen LogP contribution >= 0.6 is 0 Å². The molecule has 3 nitrogen and oxygen atoms in total. The van der Waals surface area contributed by atoms with Crippen molar-refractivity contribution in [2.24, 2.45) is 5.73 Å². The predicted molar refractivity (Wildman–Crippen MR) is 73.9 cm³/mol. The van der Waals surface area contributed by atoms with E-state index in [1.807, 2.05) is 4.90 Å². The van der Waals surface area contributed by atoms with Crippen LogP contribution in [-0.2, 0) is 4.79 Å². The van der Waals surface area contributed by atoms with E-state index in [2.05, 4.69) is 13.8 Å². The highest BCUT2D eigenvalue weighted by molar-refractivity contribution is 5.85. The molecule has 0 atom stereocenters. The van der Waals surface area contributed by atoms with E-state index in [-0.39, 0.29) is 5.91 Å². The van der Waals surface area contributed by atoms with Crippen molar-refractivity contribution in [3.63, 3.8) is 0 Å². The molecule has 0 aliphatic rings. The molecule has 3 heteroatoms. The normalized spacial score (nSPS) is 11.6. The predicted octanol–water partition coefficient (Wildman–Crippen LogP) is 2.93. The van der Waals surface area contributed by atoms with Gasteiger partial charge in [-0.25, -0.2) is 0 Å². The van der Waals surface area contributed by atoms with Gasteiger partial charge in [0.1, 0.15) is 0 Å². The minimum absolute atomic E-state index is 0.0877. The Kier molecular flexibility index (Phi) is 8.23. The summed E-state index contributed by atoms with van der Waals surface area (Å²) in [5.41, 5.74) is 5.16. The zero-order valence-corrected chi connectivity index (χ0v) is 12.1. The van der Waals surface area contributed by atoms with Gasteiger partial charge in [0.05, 0.1) is 5.54 Å². The van der Waals surface area contributed by atoms with Crippen LogP contribution in [0.1, 0.15) is 66.2 Å². The number of carbonyl (C=O) groups is 1. The lowest BCUT2D eigenvalue weighted by Gasteiger charge is -2.29. The highest BCUT2D eigenvalue weighted by Gasteiger charge is 2.26. The molecule has 0 rings (SSSR count). The summed E-state index contributed by atoms with van der Waals surface area (Å²) in [5.74, 6) is 0.0877. The number of carbonyl (C=O) groups excluding carboxylic acids is 1. The van der Waals surface area contributed by atoms with Crippen molar-refractivity contribution in [1.29, 1.82) is 0 Å². The summed E-state index contributed by atoms with van der Waals surface area (Å²) in [6.07, 6.45) is 6.91. The lowest BCUT2D eigenvalue weighted by atomic mass is 10.0. The highest BCUT2D eigenvalue weighted by atomic mass is 16.2. The van der Waals surface area contributed by atoms with Gasteiger partial charge in [0, 0.05) is 13.1 Å². The molecular formula is C14H30N2O. The molecule has 0 aliphatic heterocycles. The number of amides is 1. The number of unbranched alkanes of at least 4 members (excludes halogenated alkanes) is 4. The van der Waals surface area contributed by atoms with Crippen molar-refractivity contribution in [3.8, 4) is 0 Å². The first kappa shape index (κ1) is 16.4. The van der Waals surface area contributed by atoms with Gasteiger partial charge in [0.15, 0.2) is 0 Å². The van der Waals surface area contributed by atoms with Crippen molar-refractivity contribution in [2.75, 3.05) is 13.1 Å². The van der Waals surface area contributed by atoms with Crippen molar-refractivity contribution in [2.45, 2.75) is 71.8 Å². The Morgan fingerprint density at radius 1 is 1.00 bits per heavy atom. The fourth-order valence-electron chi connectivity index (χ4n) is 1.83. The maximum Gasteiger partial charge on any atom is 0.242 e. The molecule has 0 unspecified atom stereocenters. The van der Waals surface area contributed by atoms with Crippen LogP contribution in [0, 0.1) is 0 Å². The van der Waals surface area contributed by atoms with E-state index < -0.39 is 5.54 Å². The van der Waals surface area contributed by atoms with E-state index in [1.54, 1.807) is 13.8 Å². The monoisotopic (exact) mass is 242 g/mol. The van der Waals surface area contributed by atoms with Gasteiger partial charge in [0.2, 0.25) is 5.91 Å². The molecule has 0 heterocycles.